The molecule has 35 heavy (non-hydrogen) atoms. The summed E-state index contributed by atoms with van der Waals surface area (Å²) >= 11 is 5.14. The molecule has 2 aliphatic rings. The molecule has 4 rings (SSSR count). The van der Waals surface area contributed by atoms with Crippen LogP contribution in [0.4, 0.5) is 4.79 Å². The monoisotopic (exact) mass is 715 g/mol. The van der Waals surface area contributed by atoms with Crippen LogP contribution in [0.1, 0.15) is 16.7 Å². The predicted molar refractivity (Wildman–Crippen MR) is 147 cm³/mol. The molecular weight excluding hydrogens is 696 g/mol. The highest BCUT2D eigenvalue weighted by Gasteiger charge is 2.37. The van der Waals surface area contributed by atoms with Crippen LogP contribution >= 0.6 is 56.9 Å². The molecule has 0 aromatic heterocycles. The van der Waals surface area contributed by atoms with Crippen molar-refractivity contribution in [2.24, 2.45) is 0 Å². The number of rotatable bonds is 6. The zero-order chi connectivity index (χ0) is 24.9. The number of imide groups is 1. The standard InChI is InChI=1S/C24H19I2N3O5S/c25-18-9-17(22(19(26)11-18)34-14-16-4-2-1-3-15(16)12-27)10-20-23(31)29(24(32)35-20)13-21(30)28-5-7-33-8-6-28/h1-4,9-11H,5-8,13-14H2/b20-10+. The van der Waals surface area contributed by atoms with E-state index < -0.39 is 11.1 Å². The SMILES string of the molecule is N#Cc1ccccc1COc1c(I)cc(I)cc1/C=C1/SC(=O)N(CC(=O)N2CCOCC2)C1=O. The Hall–Kier alpha value is -2.15. The van der Waals surface area contributed by atoms with Crippen LogP contribution in [0.3, 0.4) is 0 Å². The van der Waals surface area contributed by atoms with Crippen molar-refractivity contribution in [3.63, 3.8) is 0 Å². The molecule has 0 N–H and O–H groups in total. The summed E-state index contributed by atoms with van der Waals surface area (Å²) < 4.78 is 13.1. The first kappa shape index (κ1) is 25.9. The summed E-state index contributed by atoms with van der Waals surface area (Å²) in [4.78, 5) is 41.0. The molecule has 8 nitrogen and oxygen atoms in total. The van der Waals surface area contributed by atoms with Gasteiger partial charge in [-0.15, -0.1) is 0 Å². The molecular formula is C24H19I2N3O5S. The average molecular weight is 715 g/mol. The molecule has 0 unspecified atom stereocenters. The van der Waals surface area contributed by atoms with Crippen LogP contribution in [0.15, 0.2) is 41.3 Å². The number of halogens is 2. The molecule has 11 heteroatoms. The number of nitriles is 1. The van der Waals surface area contributed by atoms with Crippen LogP contribution in [0.2, 0.25) is 0 Å². The number of ether oxygens (including phenoxy) is 2. The van der Waals surface area contributed by atoms with E-state index in [0.29, 0.717) is 43.2 Å². The lowest BCUT2D eigenvalue weighted by molar-refractivity contribution is -0.139. The molecule has 2 heterocycles. The van der Waals surface area contributed by atoms with E-state index in [1.165, 1.54) is 0 Å². The highest BCUT2D eigenvalue weighted by molar-refractivity contribution is 14.1. The second-order valence-electron chi connectivity index (χ2n) is 7.62. The summed E-state index contributed by atoms with van der Waals surface area (Å²) in [5.41, 5.74) is 1.92. The number of nitrogens with zero attached hydrogens (tertiary/aromatic N) is 3. The van der Waals surface area contributed by atoms with E-state index in [0.717, 1.165) is 29.4 Å². The molecule has 2 aliphatic heterocycles. The summed E-state index contributed by atoms with van der Waals surface area (Å²) in [7, 11) is 0. The highest BCUT2D eigenvalue weighted by atomic mass is 127. The summed E-state index contributed by atoms with van der Waals surface area (Å²) in [6.07, 6.45) is 1.62. The first-order valence-corrected chi connectivity index (χ1v) is 13.6. The van der Waals surface area contributed by atoms with Crippen LogP contribution in [0, 0.1) is 18.5 Å². The number of benzene rings is 2. The minimum absolute atomic E-state index is 0.177. The third-order valence-electron chi connectivity index (χ3n) is 5.36. The van der Waals surface area contributed by atoms with Gasteiger partial charge in [-0.3, -0.25) is 19.3 Å². The van der Waals surface area contributed by atoms with E-state index in [1.54, 1.807) is 23.1 Å². The molecule has 0 saturated carbocycles. The van der Waals surface area contributed by atoms with Gasteiger partial charge in [0.15, 0.2) is 0 Å². The highest BCUT2D eigenvalue weighted by Crippen LogP contribution is 2.36. The topological polar surface area (TPSA) is 99.9 Å². The minimum Gasteiger partial charge on any atom is -0.487 e. The van der Waals surface area contributed by atoms with Crippen molar-refractivity contribution in [3.05, 3.63) is 65.1 Å². The van der Waals surface area contributed by atoms with Crippen LogP contribution in [-0.4, -0.2) is 59.7 Å². The fourth-order valence-corrected chi connectivity index (χ4v) is 6.45. The van der Waals surface area contributed by atoms with Gasteiger partial charge in [-0.1, -0.05) is 18.2 Å². The maximum atomic E-state index is 13.0. The van der Waals surface area contributed by atoms with Gasteiger partial charge in [0, 0.05) is 27.8 Å². The Morgan fingerprint density at radius 1 is 1.20 bits per heavy atom. The zero-order valence-electron chi connectivity index (χ0n) is 18.3. The van der Waals surface area contributed by atoms with Crippen LogP contribution in [0.5, 0.6) is 5.75 Å². The van der Waals surface area contributed by atoms with Crippen molar-refractivity contribution < 1.29 is 23.9 Å². The van der Waals surface area contributed by atoms with Crippen LogP contribution in [0.25, 0.3) is 6.08 Å². The van der Waals surface area contributed by atoms with Gasteiger partial charge in [-0.25, -0.2) is 0 Å². The molecule has 2 aromatic rings. The number of carbonyl (C=O) groups excluding carboxylic acids is 3. The number of morpholine rings is 1. The quantitative estimate of drug-likeness (QED) is 0.326. The van der Waals surface area contributed by atoms with Crippen molar-refractivity contribution in [1.82, 2.24) is 9.80 Å². The smallest absolute Gasteiger partial charge is 0.294 e. The fraction of sp³-hybridized carbons (Fsp3) is 0.250. The molecule has 0 atom stereocenters. The molecule has 2 fully saturated rings. The first-order chi connectivity index (χ1) is 16.9. The summed E-state index contributed by atoms with van der Waals surface area (Å²) in [6.45, 7) is 1.67. The van der Waals surface area contributed by atoms with Crippen molar-refractivity contribution in [2.75, 3.05) is 32.8 Å². The summed E-state index contributed by atoms with van der Waals surface area (Å²) in [5.74, 6) is -0.230. The second kappa shape index (κ2) is 11.7. The Kier molecular flexibility index (Phi) is 8.68. The zero-order valence-corrected chi connectivity index (χ0v) is 23.5. The number of hydrogen-bond acceptors (Lipinski definition) is 7. The number of thioether (sulfide) groups is 1. The largest absolute Gasteiger partial charge is 0.487 e. The van der Waals surface area contributed by atoms with Crippen molar-refractivity contribution in [2.45, 2.75) is 6.61 Å². The van der Waals surface area contributed by atoms with E-state index in [-0.39, 0.29) is 24.0 Å². The number of carbonyl (C=O) groups is 3. The van der Waals surface area contributed by atoms with E-state index in [4.69, 9.17) is 9.47 Å². The Labute approximate surface area is 233 Å². The Morgan fingerprint density at radius 3 is 2.69 bits per heavy atom. The van der Waals surface area contributed by atoms with E-state index >= 15 is 0 Å². The third-order valence-corrected chi connectivity index (χ3v) is 7.70. The molecule has 3 amide bonds. The lowest BCUT2D eigenvalue weighted by atomic mass is 10.1. The van der Waals surface area contributed by atoms with E-state index in [2.05, 4.69) is 51.3 Å². The Balaban J connectivity index is 1.55. The van der Waals surface area contributed by atoms with Gasteiger partial charge in [-0.05, 0) is 81.2 Å². The van der Waals surface area contributed by atoms with Gasteiger partial charge in [0.1, 0.15) is 18.9 Å². The molecule has 0 spiro atoms. The number of hydrogen-bond donors (Lipinski definition) is 0. The first-order valence-electron chi connectivity index (χ1n) is 10.6. The van der Waals surface area contributed by atoms with Gasteiger partial charge in [-0.2, -0.15) is 5.26 Å². The maximum Gasteiger partial charge on any atom is 0.294 e. The lowest BCUT2D eigenvalue weighted by Gasteiger charge is -2.28. The van der Waals surface area contributed by atoms with Gasteiger partial charge >= 0.3 is 0 Å². The second-order valence-corrected chi connectivity index (χ2v) is 11.0. The minimum atomic E-state index is -0.503. The molecule has 180 valence electrons. The maximum absolute atomic E-state index is 13.0. The normalized spacial score (nSPS) is 17.1. The predicted octanol–water partition coefficient (Wildman–Crippen LogP) is 4.24. The lowest BCUT2D eigenvalue weighted by Crippen LogP contribution is -2.46. The van der Waals surface area contributed by atoms with Crippen LogP contribution in [-0.2, 0) is 20.9 Å². The van der Waals surface area contributed by atoms with Crippen molar-refractivity contribution >= 4 is 80.1 Å². The molecule has 2 aromatic carbocycles. The third kappa shape index (κ3) is 6.16. The number of amides is 3. The fourth-order valence-electron chi connectivity index (χ4n) is 3.57. The van der Waals surface area contributed by atoms with Crippen molar-refractivity contribution in [1.29, 1.82) is 5.26 Å². The molecule has 0 aliphatic carbocycles. The molecule has 2 saturated heterocycles. The molecule has 0 bridgehead atoms. The van der Waals surface area contributed by atoms with Crippen molar-refractivity contribution in [3.8, 4) is 11.8 Å². The Bertz CT molecular complexity index is 1250. The average Bonchev–Trinajstić information content (AvgIpc) is 3.11. The molecule has 0 radical (unpaired) electrons. The van der Waals surface area contributed by atoms with E-state index in [1.807, 2.05) is 24.3 Å². The Morgan fingerprint density at radius 2 is 1.94 bits per heavy atom. The van der Waals surface area contributed by atoms with Crippen LogP contribution < -0.4 is 4.74 Å². The van der Waals surface area contributed by atoms with Gasteiger partial charge < -0.3 is 14.4 Å². The van der Waals surface area contributed by atoms with Gasteiger partial charge in [0.2, 0.25) is 5.91 Å². The summed E-state index contributed by atoms with van der Waals surface area (Å²) in [6, 6.07) is 13.2. The van der Waals surface area contributed by atoms with E-state index in [9.17, 15) is 19.6 Å². The van der Waals surface area contributed by atoms with Gasteiger partial charge in [0.05, 0.1) is 33.3 Å². The summed E-state index contributed by atoms with van der Waals surface area (Å²) in [5, 5.41) is 8.87. The van der Waals surface area contributed by atoms with Gasteiger partial charge in [0.25, 0.3) is 11.1 Å².